The molecule has 0 spiro atoms. The SMILES string of the molecule is Cc1cc(N2CCN(C)CC2)c([C@@H](C)O)cc1F. The summed E-state index contributed by atoms with van der Waals surface area (Å²) in [6, 6.07) is 3.32. The van der Waals surface area contributed by atoms with Crippen LogP contribution in [0, 0.1) is 12.7 Å². The van der Waals surface area contributed by atoms with Gasteiger partial charge in [0.1, 0.15) is 5.82 Å². The van der Waals surface area contributed by atoms with Crippen molar-refractivity contribution in [3.8, 4) is 0 Å². The molecule has 1 saturated heterocycles. The molecule has 3 nitrogen and oxygen atoms in total. The van der Waals surface area contributed by atoms with Gasteiger partial charge in [-0.3, -0.25) is 0 Å². The molecule has 0 radical (unpaired) electrons. The van der Waals surface area contributed by atoms with Crippen molar-refractivity contribution >= 4 is 5.69 Å². The first kappa shape index (κ1) is 13.3. The van der Waals surface area contributed by atoms with Gasteiger partial charge in [-0.25, -0.2) is 4.39 Å². The molecule has 1 fully saturated rings. The second-order valence-electron chi connectivity index (χ2n) is 5.13. The first-order valence-electron chi connectivity index (χ1n) is 6.40. The highest BCUT2D eigenvalue weighted by molar-refractivity contribution is 5.57. The van der Waals surface area contributed by atoms with E-state index in [1.165, 1.54) is 6.07 Å². The molecule has 0 aliphatic carbocycles. The van der Waals surface area contributed by atoms with Gasteiger partial charge in [-0.15, -0.1) is 0 Å². The monoisotopic (exact) mass is 252 g/mol. The Morgan fingerprint density at radius 1 is 1.22 bits per heavy atom. The summed E-state index contributed by atoms with van der Waals surface area (Å²) in [6.07, 6.45) is -0.644. The average molecular weight is 252 g/mol. The van der Waals surface area contributed by atoms with Gasteiger partial charge in [0.05, 0.1) is 6.10 Å². The molecule has 0 saturated carbocycles. The molecule has 18 heavy (non-hydrogen) atoms. The summed E-state index contributed by atoms with van der Waals surface area (Å²) in [7, 11) is 2.10. The number of anilines is 1. The summed E-state index contributed by atoms with van der Waals surface area (Å²) in [5.74, 6) is -0.247. The molecule has 1 atom stereocenters. The van der Waals surface area contributed by atoms with E-state index >= 15 is 0 Å². The third kappa shape index (κ3) is 2.65. The zero-order chi connectivity index (χ0) is 13.3. The molecule has 0 unspecified atom stereocenters. The van der Waals surface area contributed by atoms with Crippen molar-refractivity contribution < 1.29 is 9.50 Å². The van der Waals surface area contributed by atoms with E-state index in [9.17, 15) is 9.50 Å². The molecule has 1 aromatic carbocycles. The minimum atomic E-state index is -0.644. The second kappa shape index (κ2) is 5.24. The maximum absolute atomic E-state index is 13.6. The summed E-state index contributed by atoms with van der Waals surface area (Å²) in [4.78, 5) is 4.50. The minimum Gasteiger partial charge on any atom is -0.389 e. The van der Waals surface area contributed by atoms with Crippen molar-refractivity contribution in [3.63, 3.8) is 0 Å². The zero-order valence-corrected chi connectivity index (χ0v) is 11.3. The molecule has 1 aromatic rings. The Balaban J connectivity index is 2.33. The van der Waals surface area contributed by atoms with E-state index in [0.717, 1.165) is 31.9 Å². The molecular formula is C14H21FN2O. The van der Waals surface area contributed by atoms with Crippen LogP contribution >= 0.6 is 0 Å². The lowest BCUT2D eigenvalue weighted by molar-refractivity contribution is 0.198. The van der Waals surface area contributed by atoms with Crippen LogP contribution in [0.4, 0.5) is 10.1 Å². The van der Waals surface area contributed by atoms with Gasteiger partial charge in [-0.05, 0) is 38.6 Å². The normalized spacial score (nSPS) is 19.1. The van der Waals surface area contributed by atoms with Crippen LogP contribution in [-0.4, -0.2) is 43.2 Å². The predicted octanol–water partition coefficient (Wildman–Crippen LogP) is 1.94. The van der Waals surface area contributed by atoms with E-state index in [1.807, 2.05) is 6.07 Å². The molecular weight excluding hydrogens is 231 g/mol. The quantitative estimate of drug-likeness (QED) is 0.871. The number of aliphatic hydroxyl groups is 1. The van der Waals surface area contributed by atoms with E-state index in [1.54, 1.807) is 13.8 Å². The van der Waals surface area contributed by atoms with Crippen LogP contribution in [-0.2, 0) is 0 Å². The van der Waals surface area contributed by atoms with E-state index in [-0.39, 0.29) is 5.82 Å². The highest BCUT2D eigenvalue weighted by atomic mass is 19.1. The number of aryl methyl sites for hydroxylation is 1. The van der Waals surface area contributed by atoms with Crippen molar-refractivity contribution in [2.75, 3.05) is 38.1 Å². The van der Waals surface area contributed by atoms with Gasteiger partial charge in [0, 0.05) is 37.4 Å². The predicted molar refractivity (Wildman–Crippen MR) is 71.5 cm³/mol. The van der Waals surface area contributed by atoms with Crippen LogP contribution in [0.15, 0.2) is 12.1 Å². The number of aliphatic hydroxyl groups excluding tert-OH is 1. The molecule has 100 valence electrons. The molecule has 4 heteroatoms. The van der Waals surface area contributed by atoms with Crippen LogP contribution in [0.3, 0.4) is 0 Å². The summed E-state index contributed by atoms with van der Waals surface area (Å²) in [5, 5.41) is 9.80. The van der Waals surface area contributed by atoms with Gasteiger partial charge in [0.25, 0.3) is 0 Å². The molecule has 1 N–H and O–H groups in total. The number of likely N-dealkylation sites (N-methyl/N-ethyl adjacent to an activating group) is 1. The van der Waals surface area contributed by atoms with Crippen molar-refractivity contribution in [1.82, 2.24) is 4.90 Å². The van der Waals surface area contributed by atoms with Crippen LogP contribution < -0.4 is 4.90 Å². The standard InChI is InChI=1S/C14H21FN2O/c1-10-8-14(12(11(2)18)9-13(10)15)17-6-4-16(3)5-7-17/h8-9,11,18H,4-7H2,1-3H3/t11-/m1/s1. The highest BCUT2D eigenvalue weighted by Crippen LogP contribution is 2.29. The Labute approximate surface area is 108 Å². The largest absolute Gasteiger partial charge is 0.389 e. The lowest BCUT2D eigenvalue weighted by atomic mass is 10.0. The Morgan fingerprint density at radius 2 is 1.83 bits per heavy atom. The smallest absolute Gasteiger partial charge is 0.126 e. The topological polar surface area (TPSA) is 26.7 Å². The first-order chi connectivity index (χ1) is 8.49. The summed E-state index contributed by atoms with van der Waals surface area (Å²) >= 11 is 0. The third-order valence-corrected chi connectivity index (χ3v) is 3.60. The van der Waals surface area contributed by atoms with Crippen LogP contribution in [0.25, 0.3) is 0 Å². The van der Waals surface area contributed by atoms with Gasteiger partial charge in [-0.1, -0.05) is 0 Å². The van der Waals surface area contributed by atoms with Crippen molar-refractivity contribution in [3.05, 3.63) is 29.1 Å². The van der Waals surface area contributed by atoms with Crippen molar-refractivity contribution in [2.45, 2.75) is 20.0 Å². The minimum absolute atomic E-state index is 0.247. The maximum Gasteiger partial charge on any atom is 0.126 e. The fourth-order valence-electron chi connectivity index (χ4n) is 2.34. The fraction of sp³-hybridized carbons (Fsp3) is 0.571. The van der Waals surface area contributed by atoms with E-state index in [4.69, 9.17) is 0 Å². The van der Waals surface area contributed by atoms with Crippen LogP contribution in [0.1, 0.15) is 24.2 Å². The molecule has 1 heterocycles. The van der Waals surface area contributed by atoms with E-state index in [2.05, 4.69) is 16.8 Å². The molecule has 1 aliphatic heterocycles. The zero-order valence-electron chi connectivity index (χ0n) is 11.3. The number of hydrogen-bond donors (Lipinski definition) is 1. The van der Waals surface area contributed by atoms with Crippen molar-refractivity contribution in [1.29, 1.82) is 0 Å². The second-order valence-corrected chi connectivity index (χ2v) is 5.13. The van der Waals surface area contributed by atoms with Crippen LogP contribution in [0.5, 0.6) is 0 Å². The molecule has 0 amide bonds. The maximum atomic E-state index is 13.6. The first-order valence-corrected chi connectivity index (χ1v) is 6.40. The number of hydrogen-bond acceptors (Lipinski definition) is 3. The number of nitrogens with zero attached hydrogens (tertiary/aromatic N) is 2. The third-order valence-electron chi connectivity index (χ3n) is 3.60. The Morgan fingerprint density at radius 3 is 2.39 bits per heavy atom. The summed E-state index contributed by atoms with van der Waals surface area (Å²) in [5.41, 5.74) is 2.29. The Kier molecular flexibility index (Phi) is 3.88. The lowest BCUT2D eigenvalue weighted by Gasteiger charge is -2.35. The number of halogens is 1. The molecule has 1 aliphatic rings. The number of rotatable bonds is 2. The summed E-state index contributed by atoms with van der Waals surface area (Å²) in [6.45, 7) is 7.28. The van der Waals surface area contributed by atoms with Gasteiger partial charge < -0.3 is 14.9 Å². The molecule has 0 aromatic heterocycles. The lowest BCUT2D eigenvalue weighted by Crippen LogP contribution is -2.45. The van der Waals surface area contributed by atoms with Crippen molar-refractivity contribution in [2.24, 2.45) is 0 Å². The number of benzene rings is 1. The van der Waals surface area contributed by atoms with Crippen LogP contribution in [0.2, 0.25) is 0 Å². The summed E-state index contributed by atoms with van der Waals surface area (Å²) < 4.78 is 13.6. The fourth-order valence-corrected chi connectivity index (χ4v) is 2.34. The van der Waals surface area contributed by atoms with Gasteiger partial charge in [0.2, 0.25) is 0 Å². The Hall–Kier alpha value is -1.13. The van der Waals surface area contributed by atoms with E-state index < -0.39 is 6.10 Å². The van der Waals surface area contributed by atoms with E-state index in [0.29, 0.717) is 11.1 Å². The van der Waals surface area contributed by atoms with Gasteiger partial charge in [0.15, 0.2) is 0 Å². The molecule has 2 rings (SSSR count). The van der Waals surface area contributed by atoms with Gasteiger partial charge >= 0.3 is 0 Å². The molecule has 0 bridgehead atoms. The number of piperazine rings is 1. The van der Waals surface area contributed by atoms with Gasteiger partial charge in [-0.2, -0.15) is 0 Å². The highest BCUT2D eigenvalue weighted by Gasteiger charge is 2.20. The average Bonchev–Trinajstić information content (AvgIpc) is 2.33. The Bertz CT molecular complexity index is 426.